The molecule has 41 heavy (non-hydrogen) atoms. The lowest BCUT2D eigenvalue weighted by Gasteiger charge is -2.27. The quantitative estimate of drug-likeness (QED) is 0.188. The van der Waals surface area contributed by atoms with Crippen LogP contribution >= 0.6 is 11.8 Å². The maximum absolute atomic E-state index is 15.0. The molecule has 0 aromatic heterocycles. The molecular formula is C28H37FN4O6S2. The third-order valence-corrected chi connectivity index (χ3v) is 10.2. The summed E-state index contributed by atoms with van der Waals surface area (Å²) in [6, 6.07) is 13.1. The van der Waals surface area contributed by atoms with Gasteiger partial charge < -0.3 is 15.0 Å². The number of benzene rings is 2. The second-order valence-corrected chi connectivity index (χ2v) is 13.4. The number of carbonyl (C=O) groups excluding carboxylic acids is 1. The minimum absolute atomic E-state index is 0.0523. The summed E-state index contributed by atoms with van der Waals surface area (Å²) in [7, 11) is -2.81. The number of hydrogen-bond donors (Lipinski definition) is 2. The number of methoxy groups -OCH3 is 1. The number of nitrogens with one attached hydrogen (secondary N) is 2. The average Bonchev–Trinajstić information content (AvgIpc) is 3.43. The highest BCUT2D eigenvalue weighted by Gasteiger charge is 2.41. The molecule has 0 radical (unpaired) electrons. The van der Waals surface area contributed by atoms with Gasteiger partial charge in [0.1, 0.15) is 5.69 Å². The van der Waals surface area contributed by atoms with Crippen molar-refractivity contribution in [2.24, 2.45) is 0 Å². The molecule has 1 saturated heterocycles. The number of nitro groups is 1. The number of likely N-dealkylation sites (tertiary alicyclic amines) is 1. The molecule has 13 heteroatoms. The van der Waals surface area contributed by atoms with Crippen molar-refractivity contribution in [3.63, 3.8) is 0 Å². The van der Waals surface area contributed by atoms with Crippen LogP contribution in [0.1, 0.15) is 44.9 Å². The number of sulfonamides is 1. The van der Waals surface area contributed by atoms with E-state index in [9.17, 15) is 23.3 Å². The second kappa shape index (κ2) is 14.0. The summed E-state index contributed by atoms with van der Waals surface area (Å²) in [5.41, 5.74) is -2.53. The number of ether oxygens (including phenoxy) is 1. The third-order valence-electron chi connectivity index (χ3n) is 7.67. The van der Waals surface area contributed by atoms with Crippen LogP contribution in [0.4, 0.5) is 15.8 Å². The summed E-state index contributed by atoms with van der Waals surface area (Å²) >= 11 is 1.62. The largest absolute Gasteiger partial charge is 0.380 e. The summed E-state index contributed by atoms with van der Waals surface area (Å²) in [4.78, 5) is 26.8. The van der Waals surface area contributed by atoms with Gasteiger partial charge in [-0.1, -0.05) is 24.6 Å². The highest BCUT2D eigenvalue weighted by atomic mass is 32.2. The van der Waals surface area contributed by atoms with Crippen LogP contribution in [0.3, 0.4) is 0 Å². The normalized spacial score (nSPS) is 19.9. The van der Waals surface area contributed by atoms with Gasteiger partial charge in [0.15, 0.2) is 5.67 Å². The number of thioether (sulfide) groups is 1. The Morgan fingerprint density at radius 2 is 1.95 bits per heavy atom. The molecule has 224 valence electrons. The molecule has 2 aromatic rings. The first-order valence-corrected chi connectivity index (χ1v) is 16.3. The molecule has 0 bridgehead atoms. The predicted molar refractivity (Wildman–Crippen MR) is 156 cm³/mol. The molecule has 2 atom stereocenters. The Kier molecular flexibility index (Phi) is 10.6. The van der Waals surface area contributed by atoms with E-state index >= 15 is 4.39 Å². The summed E-state index contributed by atoms with van der Waals surface area (Å²) in [6.07, 6.45) is 3.50. The monoisotopic (exact) mass is 608 g/mol. The second-order valence-electron chi connectivity index (χ2n) is 10.6. The van der Waals surface area contributed by atoms with Crippen molar-refractivity contribution >= 4 is 39.1 Å². The summed E-state index contributed by atoms with van der Waals surface area (Å²) in [5.74, 6) is -0.602. The van der Waals surface area contributed by atoms with E-state index in [1.54, 1.807) is 23.6 Å². The molecule has 1 heterocycles. The van der Waals surface area contributed by atoms with Crippen LogP contribution in [-0.4, -0.2) is 74.5 Å². The molecule has 1 aliphatic carbocycles. The van der Waals surface area contributed by atoms with Crippen LogP contribution in [0.5, 0.6) is 0 Å². The fourth-order valence-electron chi connectivity index (χ4n) is 5.23. The molecular weight excluding hydrogens is 571 g/mol. The number of alkyl halides is 1. The highest BCUT2D eigenvalue weighted by Crippen LogP contribution is 2.33. The predicted octanol–water partition coefficient (Wildman–Crippen LogP) is 4.76. The smallest absolute Gasteiger partial charge is 0.293 e. The number of carbonyl (C=O) groups is 1. The molecule has 2 aromatic carbocycles. The zero-order valence-corrected chi connectivity index (χ0v) is 24.7. The molecule has 2 aliphatic rings. The van der Waals surface area contributed by atoms with E-state index in [2.05, 4.69) is 10.2 Å². The van der Waals surface area contributed by atoms with Gasteiger partial charge in [0.25, 0.3) is 21.6 Å². The summed E-state index contributed by atoms with van der Waals surface area (Å²) in [6.45, 7) is 2.51. The lowest BCUT2D eigenvalue weighted by Crippen LogP contribution is -2.46. The Hall–Kier alpha value is -2.74. The number of amides is 1. The van der Waals surface area contributed by atoms with Crippen molar-refractivity contribution in [1.29, 1.82) is 0 Å². The van der Waals surface area contributed by atoms with Gasteiger partial charge in [-0.3, -0.25) is 14.9 Å². The molecule has 4 rings (SSSR count). The topological polar surface area (TPSA) is 131 Å². The lowest BCUT2D eigenvalue weighted by atomic mass is 9.86. The Labute approximate surface area is 244 Å². The Balaban J connectivity index is 1.50. The van der Waals surface area contributed by atoms with Crippen LogP contribution in [0.15, 0.2) is 58.3 Å². The number of nitro benzene ring substituents is 1. The van der Waals surface area contributed by atoms with E-state index in [4.69, 9.17) is 4.74 Å². The SMILES string of the molecule is CO[C@H]1CCN(CC[C@H](CSc2ccccc2)Nc2ccc(S(=O)(=O)NC(=O)C3(F)CCCCC3)cc2[N+](=O)[O-])C1. The van der Waals surface area contributed by atoms with Crippen molar-refractivity contribution in [2.75, 3.05) is 37.8 Å². The van der Waals surface area contributed by atoms with Gasteiger partial charge in [0.2, 0.25) is 0 Å². The zero-order valence-electron chi connectivity index (χ0n) is 23.1. The number of anilines is 1. The molecule has 0 spiro atoms. The van der Waals surface area contributed by atoms with Gasteiger partial charge in [-0.05, 0) is 62.8 Å². The van der Waals surface area contributed by atoms with Gasteiger partial charge in [-0.25, -0.2) is 17.5 Å². The van der Waals surface area contributed by atoms with E-state index in [0.717, 1.165) is 43.4 Å². The first kappa shape index (κ1) is 31.2. The van der Waals surface area contributed by atoms with Crippen molar-refractivity contribution < 1.29 is 27.3 Å². The minimum Gasteiger partial charge on any atom is -0.380 e. The average molecular weight is 609 g/mol. The van der Waals surface area contributed by atoms with Crippen molar-refractivity contribution in [3.8, 4) is 0 Å². The van der Waals surface area contributed by atoms with E-state index in [0.29, 0.717) is 25.0 Å². The zero-order chi connectivity index (χ0) is 29.5. The Morgan fingerprint density at radius 3 is 2.61 bits per heavy atom. The van der Waals surface area contributed by atoms with Gasteiger partial charge in [-0.2, -0.15) is 0 Å². The molecule has 1 saturated carbocycles. The highest BCUT2D eigenvalue weighted by molar-refractivity contribution is 7.99. The van der Waals surface area contributed by atoms with Gasteiger partial charge in [-0.15, -0.1) is 11.8 Å². The van der Waals surface area contributed by atoms with Crippen molar-refractivity contribution in [1.82, 2.24) is 9.62 Å². The summed E-state index contributed by atoms with van der Waals surface area (Å²) < 4.78 is 48.2. The molecule has 2 fully saturated rings. The molecule has 0 unspecified atom stereocenters. The minimum atomic E-state index is -4.52. The number of nitrogens with zero attached hydrogens (tertiary/aromatic N) is 2. The van der Waals surface area contributed by atoms with Gasteiger partial charge >= 0.3 is 0 Å². The fraction of sp³-hybridized carbons (Fsp3) is 0.536. The first-order chi connectivity index (χ1) is 19.6. The standard InChI is InChI=1S/C28H37FN4O6S2/c1-39-22-13-17-32(19-22)16-12-21(20-40-23-8-4-2-5-9-23)30-25-11-10-24(18-26(25)33(35)36)41(37,38)31-27(34)28(29)14-6-3-7-15-28/h2,4-5,8-11,18,21-22,30H,3,6-7,12-17,19-20H2,1H3,(H,31,34)/t21-,22+/m1/s1. The number of rotatable bonds is 13. The molecule has 1 amide bonds. The number of halogens is 1. The Bertz CT molecular complexity index is 1310. The fourth-order valence-corrected chi connectivity index (χ4v) is 7.28. The van der Waals surface area contributed by atoms with E-state index in [1.807, 2.05) is 30.3 Å². The van der Waals surface area contributed by atoms with E-state index < -0.39 is 37.1 Å². The van der Waals surface area contributed by atoms with Crippen molar-refractivity contribution in [3.05, 3.63) is 58.6 Å². The van der Waals surface area contributed by atoms with Crippen LogP contribution in [0.2, 0.25) is 0 Å². The maximum Gasteiger partial charge on any atom is 0.293 e. The lowest BCUT2D eigenvalue weighted by molar-refractivity contribution is -0.384. The van der Waals surface area contributed by atoms with Crippen LogP contribution in [-0.2, 0) is 19.6 Å². The van der Waals surface area contributed by atoms with Gasteiger partial charge in [0, 0.05) is 49.5 Å². The number of hydrogen-bond acceptors (Lipinski definition) is 9. The van der Waals surface area contributed by atoms with E-state index in [1.165, 1.54) is 12.1 Å². The molecule has 10 nitrogen and oxygen atoms in total. The third kappa shape index (κ3) is 8.40. The molecule has 2 N–H and O–H groups in total. The molecule has 1 aliphatic heterocycles. The van der Waals surface area contributed by atoms with Crippen molar-refractivity contribution in [2.45, 2.75) is 72.6 Å². The first-order valence-electron chi connectivity index (χ1n) is 13.8. The van der Waals surface area contributed by atoms with Crippen LogP contribution in [0, 0.1) is 10.1 Å². The maximum atomic E-state index is 15.0. The van der Waals surface area contributed by atoms with Crippen LogP contribution in [0.25, 0.3) is 0 Å². The van der Waals surface area contributed by atoms with E-state index in [-0.39, 0.29) is 30.7 Å². The van der Waals surface area contributed by atoms with Gasteiger partial charge in [0.05, 0.1) is 15.9 Å². The summed E-state index contributed by atoms with van der Waals surface area (Å²) in [5, 5.41) is 15.3. The van der Waals surface area contributed by atoms with Crippen LogP contribution < -0.4 is 10.0 Å². The Morgan fingerprint density at radius 1 is 1.22 bits per heavy atom.